The Kier molecular flexibility index (Phi) is 4.41. The summed E-state index contributed by atoms with van der Waals surface area (Å²) in [5.41, 5.74) is -0.0659. The third-order valence-electron chi connectivity index (χ3n) is 2.34. The molecule has 1 N–H and O–H groups in total. The van der Waals surface area contributed by atoms with E-state index in [0.29, 0.717) is 21.7 Å². The molecule has 0 saturated carbocycles. The van der Waals surface area contributed by atoms with Crippen LogP contribution in [0.5, 0.6) is 11.6 Å². The number of halogens is 2. The van der Waals surface area contributed by atoms with Crippen LogP contribution < -0.4 is 10.1 Å². The van der Waals surface area contributed by atoms with E-state index in [0.717, 1.165) is 5.82 Å². The van der Waals surface area contributed by atoms with Crippen molar-refractivity contribution in [3.05, 3.63) is 46.4 Å². The number of hydrogen-bond acceptors (Lipinski definition) is 3. The third-order valence-corrected chi connectivity index (χ3v) is 2.87. The average molecular weight is 311 g/mol. The molecule has 0 aliphatic rings. The Bertz CT molecular complexity index is 609. The van der Waals surface area contributed by atoms with Gasteiger partial charge in [-0.1, -0.05) is 29.3 Å². The molecule has 0 atom stereocenters. The molecule has 5 heteroatoms. The van der Waals surface area contributed by atoms with Crippen molar-refractivity contribution in [1.82, 2.24) is 4.98 Å². The van der Waals surface area contributed by atoms with Crippen LogP contribution in [0.3, 0.4) is 0 Å². The summed E-state index contributed by atoms with van der Waals surface area (Å²) in [4.78, 5) is 4.39. The molecule has 0 aliphatic carbocycles. The third kappa shape index (κ3) is 4.29. The molecule has 0 radical (unpaired) electrons. The Labute approximate surface area is 128 Å². The van der Waals surface area contributed by atoms with Crippen molar-refractivity contribution in [3.8, 4) is 11.6 Å². The predicted octanol–water partition coefficient (Wildman–Crippen LogP) is 5.39. The molecule has 0 fully saturated rings. The highest BCUT2D eigenvalue weighted by Crippen LogP contribution is 2.31. The van der Waals surface area contributed by atoms with Gasteiger partial charge >= 0.3 is 0 Å². The van der Waals surface area contributed by atoms with Crippen molar-refractivity contribution in [2.75, 3.05) is 5.32 Å². The molecule has 0 bridgehead atoms. The summed E-state index contributed by atoms with van der Waals surface area (Å²) in [7, 11) is 0. The van der Waals surface area contributed by atoms with E-state index in [1.165, 1.54) is 0 Å². The highest BCUT2D eigenvalue weighted by Gasteiger charge is 2.11. The van der Waals surface area contributed by atoms with Gasteiger partial charge in [-0.05, 0) is 45.0 Å². The van der Waals surface area contributed by atoms with Crippen LogP contribution in [0.4, 0.5) is 5.82 Å². The molecule has 106 valence electrons. The van der Waals surface area contributed by atoms with Crippen LogP contribution in [0.1, 0.15) is 20.8 Å². The van der Waals surface area contributed by atoms with Crippen LogP contribution in [-0.4, -0.2) is 10.5 Å². The lowest BCUT2D eigenvalue weighted by molar-refractivity contribution is 0.463. The molecule has 0 aliphatic heterocycles. The topological polar surface area (TPSA) is 34.1 Å². The zero-order chi connectivity index (χ0) is 14.8. The Hall–Kier alpha value is -1.45. The first-order valence-electron chi connectivity index (χ1n) is 6.22. The number of nitrogens with zero attached hydrogens (tertiary/aromatic N) is 1. The smallest absolute Gasteiger partial charge is 0.221 e. The minimum absolute atomic E-state index is 0.0659. The van der Waals surface area contributed by atoms with Crippen molar-refractivity contribution in [1.29, 1.82) is 0 Å². The van der Waals surface area contributed by atoms with Crippen molar-refractivity contribution in [2.45, 2.75) is 26.3 Å². The zero-order valence-electron chi connectivity index (χ0n) is 11.6. The Morgan fingerprint density at radius 1 is 1.10 bits per heavy atom. The van der Waals surface area contributed by atoms with Crippen LogP contribution in [0, 0.1) is 0 Å². The Morgan fingerprint density at radius 3 is 2.50 bits per heavy atom. The van der Waals surface area contributed by atoms with E-state index in [1.807, 2.05) is 12.1 Å². The highest BCUT2D eigenvalue weighted by molar-refractivity contribution is 6.35. The number of pyridine rings is 1. The summed E-state index contributed by atoms with van der Waals surface area (Å²) in [6, 6.07) is 10.6. The van der Waals surface area contributed by atoms with Crippen molar-refractivity contribution in [3.63, 3.8) is 0 Å². The number of nitrogens with one attached hydrogen (secondary N) is 1. The lowest BCUT2D eigenvalue weighted by Crippen LogP contribution is -2.26. The maximum absolute atomic E-state index is 6.07. The zero-order valence-corrected chi connectivity index (χ0v) is 13.1. The predicted molar refractivity (Wildman–Crippen MR) is 84.1 cm³/mol. The number of aromatic nitrogens is 1. The second-order valence-corrected chi connectivity index (χ2v) is 6.26. The quantitative estimate of drug-likeness (QED) is 0.825. The van der Waals surface area contributed by atoms with E-state index < -0.39 is 0 Å². The Balaban J connectivity index is 2.19. The van der Waals surface area contributed by atoms with Gasteiger partial charge in [0.2, 0.25) is 5.88 Å². The van der Waals surface area contributed by atoms with E-state index in [2.05, 4.69) is 31.1 Å². The number of anilines is 1. The van der Waals surface area contributed by atoms with Crippen LogP contribution in [0.2, 0.25) is 10.0 Å². The van der Waals surface area contributed by atoms with Gasteiger partial charge in [0, 0.05) is 16.6 Å². The largest absolute Gasteiger partial charge is 0.437 e. The van der Waals surface area contributed by atoms with Gasteiger partial charge in [-0.25, -0.2) is 0 Å². The summed E-state index contributed by atoms with van der Waals surface area (Å²) in [6.45, 7) is 6.20. The number of hydrogen-bond donors (Lipinski definition) is 1. The van der Waals surface area contributed by atoms with E-state index in [4.69, 9.17) is 27.9 Å². The summed E-state index contributed by atoms with van der Waals surface area (Å²) >= 11 is 11.9. The van der Waals surface area contributed by atoms with Gasteiger partial charge in [-0.3, -0.25) is 0 Å². The molecular formula is C15H16Cl2N2O. The number of ether oxygens (including phenoxy) is 1. The monoisotopic (exact) mass is 310 g/mol. The molecule has 20 heavy (non-hydrogen) atoms. The molecular weight excluding hydrogens is 295 g/mol. The maximum Gasteiger partial charge on any atom is 0.221 e. The van der Waals surface area contributed by atoms with Crippen LogP contribution in [0.15, 0.2) is 36.4 Å². The molecule has 1 aromatic carbocycles. The minimum atomic E-state index is -0.0659. The molecule has 0 unspecified atom stereocenters. The second-order valence-electron chi connectivity index (χ2n) is 5.41. The second kappa shape index (κ2) is 5.90. The molecule has 0 amide bonds. The number of rotatable bonds is 3. The summed E-state index contributed by atoms with van der Waals surface area (Å²) in [6.07, 6.45) is 0. The standard InChI is InChI=1S/C15H16Cl2N2O/c1-15(2,3)19-13-5-4-6-14(18-13)20-12-8-7-10(16)9-11(12)17/h4-9H,1-3H3,(H,18,19). The first kappa shape index (κ1) is 14.9. The van der Waals surface area contributed by atoms with Gasteiger partial charge in [0.25, 0.3) is 0 Å². The first-order valence-corrected chi connectivity index (χ1v) is 6.97. The fourth-order valence-corrected chi connectivity index (χ4v) is 2.04. The van der Waals surface area contributed by atoms with E-state index in [1.54, 1.807) is 24.3 Å². The van der Waals surface area contributed by atoms with Gasteiger partial charge in [0.1, 0.15) is 11.6 Å². The summed E-state index contributed by atoms with van der Waals surface area (Å²) in [5.74, 6) is 1.75. The lowest BCUT2D eigenvalue weighted by Gasteiger charge is -2.21. The van der Waals surface area contributed by atoms with Crippen molar-refractivity contribution >= 4 is 29.0 Å². The normalized spacial score (nSPS) is 11.2. The van der Waals surface area contributed by atoms with Crippen LogP contribution in [-0.2, 0) is 0 Å². The van der Waals surface area contributed by atoms with Gasteiger partial charge in [0.15, 0.2) is 0 Å². The van der Waals surface area contributed by atoms with Crippen LogP contribution >= 0.6 is 23.2 Å². The van der Waals surface area contributed by atoms with Crippen molar-refractivity contribution < 1.29 is 4.74 Å². The fourth-order valence-electron chi connectivity index (χ4n) is 1.60. The number of benzene rings is 1. The molecule has 2 rings (SSSR count). The maximum atomic E-state index is 6.07. The summed E-state index contributed by atoms with van der Waals surface area (Å²) < 4.78 is 5.68. The van der Waals surface area contributed by atoms with Gasteiger partial charge in [-0.15, -0.1) is 0 Å². The lowest BCUT2D eigenvalue weighted by atomic mass is 10.1. The van der Waals surface area contributed by atoms with Crippen LogP contribution in [0.25, 0.3) is 0 Å². The molecule has 1 aromatic heterocycles. The fraction of sp³-hybridized carbons (Fsp3) is 0.267. The van der Waals surface area contributed by atoms with Gasteiger partial charge in [0.05, 0.1) is 5.02 Å². The van der Waals surface area contributed by atoms with E-state index in [9.17, 15) is 0 Å². The average Bonchev–Trinajstić information content (AvgIpc) is 2.31. The van der Waals surface area contributed by atoms with Gasteiger partial charge < -0.3 is 10.1 Å². The van der Waals surface area contributed by atoms with Crippen molar-refractivity contribution in [2.24, 2.45) is 0 Å². The minimum Gasteiger partial charge on any atom is -0.437 e. The summed E-state index contributed by atoms with van der Waals surface area (Å²) in [5, 5.41) is 4.31. The van der Waals surface area contributed by atoms with E-state index >= 15 is 0 Å². The molecule has 0 spiro atoms. The molecule has 1 heterocycles. The first-order chi connectivity index (χ1) is 9.33. The molecule has 3 nitrogen and oxygen atoms in total. The molecule has 2 aromatic rings. The Morgan fingerprint density at radius 2 is 1.85 bits per heavy atom. The SMILES string of the molecule is CC(C)(C)Nc1cccc(Oc2ccc(Cl)cc2Cl)n1. The van der Waals surface area contributed by atoms with Gasteiger partial charge in [-0.2, -0.15) is 4.98 Å². The van der Waals surface area contributed by atoms with E-state index in [-0.39, 0.29) is 5.54 Å². The highest BCUT2D eigenvalue weighted by atomic mass is 35.5. The molecule has 0 saturated heterocycles.